The molecule has 104 valence electrons. The second kappa shape index (κ2) is 5.94. The number of nitrogens with one attached hydrogen (secondary N) is 1. The topological polar surface area (TPSA) is 50.3 Å². The molecule has 2 aliphatic heterocycles. The number of aromatic nitrogens is 2. The van der Waals surface area contributed by atoms with Crippen molar-refractivity contribution in [2.75, 3.05) is 26.2 Å². The molecule has 2 fully saturated rings. The van der Waals surface area contributed by atoms with Gasteiger partial charge in [0, 0.05) is 37.1 Å². The molecule has 0 aliphatic carbocycles. The number of rotatable bonds is 4. The molecule has 1 aromatic heterocycles. The van der Waals surface area contributed by atoms with Gasteiger partial charge in [-0.1, -0.05) is 6.92 Å². The van der Waals surface area contributed by atoms with Crippen LogP contribution in [0.15, 0.2) is 12.4 Å². The minimum absolute atomic E-state index is 0.0440. The molecule has 5 heteroatoms. The maximum absolute atomic E-state index is 5.92. The minimum Gasteiger partial charge on any atom is -0.367 e. The highest BCUT2D eigenvalue weighted by molar-refractivity contribution is 5.07. The monoisotopic (exact) mass is 262 g/mol. The molecule has 5 nitrogen and oxygen atoms in total. The van der Waals surface area contributed by atoms with E-state index in [1.807, 2.05) is 12.4 Å². The number of morpholine rings is 1. The summed E-state index contributed by atoms with van der Waals surface area (Å²) in [5.41, 5.74) is 1.13. The Bertz CT molecular complexity index is 408. The lowest BCUT2D eigenvalue weighted by atomic mass is 10.2. The maximum atomic E-state index is 5.92. The zero-order valence-corrected chi connectivity index (χ0v) is 11.5. The van der Waals surface area contributed by atoms with Crippen molar-refractivity contribution in [3.63, 3.8) is 0 Å². The van der Waals surface area contributed by atoms with E-state index in [4.69, 9.17) is 4.74 Å². The Balaban J connectivity index is 1.62. The number of nitrogens with zero attached hydrogens (tertiary/aromatic N) is 3. The largest absolute Gasteiger partial charge is 0.367 e. The standard InChI is InChI=1S/C14H22N4O/c1-2-15-6-11-7-16-14(17-8-11)13-9-18-5-3-4-12(18)10-19-13/h7-8,12-13,15H,2-6,9-10H2,1H3. The van der Waals surface area contributed by atoms with Crippen LogP contribution >= 0.6 is 0 Å². The highest BCUT2D eigenvalue weighted by atomic mass is 16.5. The van der Waals surface area contributed by atoms with Gasteiger partial charge in [-0.05, 0) is 25.9 Å². The molecule has 1 N–H and O–H groups in total. The predicted molar refractivity (Wildman–Crippen MR) is 72.7 cm³/mol. The van der Waals surface area contributed by atoms with Crippen molar-refractivity contribution in [3.8, 4) is 0 Å². The molecule has 2 atom stereocenters. The second-order valence-corrected chi connectivity index (χ2v) is 5.34. The van der Waals surface area contributed by atoms with Gasteiger partial charge >= 0.3 is 0 Å². The third-order valence-electron chi connectivity index (χ3n) is 3.98. The molecule has 2 aliphatic rings. The lowest BCUT2D eigenvalue weighted by Gasteiger charge is -2.34. The summed E-state index contributed by atoms with van der Waals surface area (Å²) in [7, 11) is 0. The Hall–Kier alpha value is -1.04. The first-order valence-corrected chi connectivity index (χ1v) is 7.24. The van der Waals surface area contributed by atoms with Crippen molar-refractivity contribution in [3.05, 3.63) is 23.8 Å². The average molecular weight is 262 g/mol. The van der Waals surface area contributed by atoms with E-state index in [1.165, 1.54) is 19.4 Å². The second-order valence-electron chi connectivity index (χ2n) is 5.34. The van der Waals surface area contributed by atoms with Crippen LogP contribution in [-0.4, -0.2) is 47.2 Å². The zero-order chi connectivity index (χ0) is 13.1. The molecular weight excluding hydrogens is 240 g/mol. The van der Waals surface area contributed by atoms with Gasteiger partial charge in [0.2, 0.25) is 0 Å². The molecule has 0 aromatic carbocycles. The molecule has 3 heterocycles. The Labute approximate surface area is 114 Å². The molecule has 1 aromatic rings. The summed E-state index contributed by atoms with van der Waals surface area (Å²) in [4.78, 5) is 11.5. The first kappa shape index (κ1) is 13.0. The molecule has 2 unspecified atom stereocenters. The van der Waals surface area contributed by atoms with Crippen molar-refractivity contribution in [2.45, 2.75) is 38.5 Å². The van der Waals surface area contributed by atoms with Gasteiger partial charge in [0.1, 0.15) is 6.10 Å². The van der Waals surface area contributed by atoms with Gasteiger partial charge < -0.3 is 10.1 Å². The van der Waals surface area contributed by atoms with Crippen LogP contribution in [0.5, 0.6) is 0 Å². The summed E-state index contributed by atoms with van der Waals surface area (Å²) in [6.45, 7) is 6.85. The molecule has 19 heavy (non-hydrogen) atoms. The van der Waals surface area contributed by atoms with Crippen LogP contribution in [0.4, 0.5) is 0 Å². The van der Waals surface area contributed by atoms with Crippen LogP contribution < -0.4 is 5.32 Å². The van der Waals surface area contributed by atoms with Crippen LogP contribution in [-0.2, 0) is 11.3 Å². The highest BCUT2D eigenvalue weighted by Gasteiger charge is 2.33. The highest BCUT2D eigenvalue weighted by Crippen LogP contribution is 2.28. The first-order valence-electron chi connectivity index (χ1n) is 7.24. The van der Waals surface area contributed by atoms with E-state index in [1.54, 1.807) is 0 Å². The smallest absolute Gasteiger partial charge is 0.158 e. The molecule has 0 bridgehead atoms. The fraction of sp³-hybridized carbons (Fsp3) is 0.714. The van der Waals surface area contributed by atoms with Gasteiger partial charge in [-0.15, -0.1) is 0 Å². The van der Waals surface area contributed by atoms with E-state index in [0.29, 0.717) is 6.04 Å². The quantitative estimate of drug-likeness (QED) is 0.881. The number of hydrogen-bond donors (Lipinski definition) is 1. The van der Waals surface area contributed by atoms with E-state index in [9.17, 15) is 0 Å². The van der Waals surface area contributed by atoms with E-state index in [0.717, 1.165) is 37.6 Å². The van der Waals surface area contributed by atoms with Gasteiger partial charge in [0.25, 0.3) is 0 Å². The summed E-state index contributed by atoms with van der Waals surface area (Å²) in [5.74, 6) is 0.825. The Morgan fingerprint density at radius 3 is 3.05 bits per heavy atom. The van der Waals surface area contributed by atoms with E-state index in [-0.39, 0.29) is 6.10 Å². The predicted octanol–water partition coefficient (Wildman–Crippen LogP) is 1.12. The van der Waals surface area contributed by atoms with Gasteiger partial charge in [0.15, 0.2) is 5.82 Å². The van der Waals surface area contributed by atoms with Crippen LogP contribution in [0.1, 0.15) is 37.3 Å². The third-order valence-corrected chi connectivity index (χ3v) is 3.98. The normalized spacial score (nSPS) is 27.4. The van der Waals surface area contributed by atoms with Crippen LogP contribution in [0.25, 0.3) is 0 Å². The van der Waals surface area contributed by atoms with Gasteiger partial charge in [0.05, 0.1) is 6.61 Å². The minimum atomic E-state index is 0.0440. The molecule has 3 rings (SSSR count). The molecule has 2 saturated heterocycles. The fourth-order valence-electron chi connectivity index (χ4n) is 2.87. The van der Waals surface area contributed by atoms with Crippen molar-refractivity contribution in [1.29, 1.82) is 0 Å². The van der Waals surface area contributed by atoms with Crippen LogP contribution in [0.3, 0.4) is 0 Å². The molecule has 0 amide bonds. The average Bonchev–Trinajstić information content (AvgIpc) is 2.93. The van der Waals surface area contributed by atoms with Crippen LogP contribution in [0, 0.1) is 0 Å². The SMILES string of the molecule is CCNCc1cnc(C2CN3CCCC3CO2)nc1. The Morgan fingerprint density at radius 1 is 1.42 bits per heavy atom. The zero-order valence-electron chi connectivity index (χ0n) is 11.5. The van der Waals surface area contributed by atoms with Crippen molar-refractivity contribution in [1.82, 2.24) is 20.2 Å². The summed E-state index contributed by atoms with van der Waals surface area (Å²) in [5, 5.41) is 3.27. The third kappa shape index (κ3) is 2.94. The Kier molecular flexibility index (Phi) is 4.06. The summed E-state index contributed by atoms with van der Waals surface area (Å²) in [6.07, 6.45) is 6.43. The number of fused-ring (bicyclic) bond motifs is 1. The lowest BCUT2D eigenvalue weighted by Crippen LogP contribution is -2.42. The summed E-state index contributed by atoms with van der Waals surface area (Å²) < 4.78 is 5.92. The van der Waals surface area contributed by atoms with E-state index >= 15 is 0 Å². The molecular formula is C14H22N4O. The van der Waals surface area contributed by atoms with Gasteiger partial charge in [-0.3, -0.25) is 4.90 Å². The lowest BCUT2D eigenvalue weighted by molar-refractivity contribution is -0.0541. The van der Waals surface area contributed by atoms with Crippen LogP contribution in [0.2, 0.25) is 0 Å². The Morgan fingerprint density at radius 2 is 2.26 bits per heavy atom. The van der Waals surface area contributed by atoms with Gasteiger partial charge in [-0.25, -0.2) is 9.97 Å². The molecule has 0 spiro atoms. The fourth-order valence-corrected chi connectivity index (χ4v) is 2.87. The summed E-state index contributed by atoms with van der Waals surface area (Å²) in [6, 6.07) is 0.629. The van der Waals surface area contributed by atoms with E-state index in [2.05, 4.69) is 27.1 Å². The van der Waals surface area contributed by atoms with Crippen molar-refractivity contribution >= 4 is 0 Å². The van der Waals surface area contributed by atoms with E-state index < -0.39 is 0 Å². The molecule has 0 saturated carbocycles. The first-order chi connectivity index (χ1) is 9.36. The maximum Gasteiger partial charge on any atom is 0.158 e. The number of hydrogen-bond acceptors (Lipinski definition) is 5. The van der Waals surface area contributed by atoms with Crippen molar-refractivity contribution < 1.29 is 4.74 Å². The van der Waals surface area contributed by atoms with Gasteiger partial charge in [-0.2, -0.15) is 0 Å². The summed E-state index contributed by atoms with van der Waals surface area (Å²) >= 11 is 0. The molecule has 0 radical (unpaired) electrons. The van der Waals surface area contributed by atoms with Crippen molar-refractivity contribution in [2.24, 2.45) is 0 Å². The number of ether oxygens (including phenoxy) is 1.